The highest BCUT2D eigenvalue weighted by Crippen LogP contribution is 2.23. The Hall–Kier alpha value is -2.17. The molecule has 0 radical (unpaired) electrons. The molecule has 5 heteroatoms. The fraction of sp³-hybridized carbons (Fsp3) is 0.400. The number of aromatic amines is 1. The van der Waals surface area contributed by atoms with E-state index in [2.05, 4.69) is 34.3 Å². The highest BCUT2D eigenvalue weighted by Gasteiger charge is 2.21. The zero-order valence-corrected chi connectivity index (χ0v) is 11.8. The standard InChI is InChI=1S/C15H20N4O/c1-11(2)8-13(12-6-4-3-5-7-12)15(20)16-9-14-17-10-18-19-14/h3-7,10-11,13H,8-9H2,1-2H3,(H,16,20)(H,17,18,19). The zero-order chi connectivity index (χ0) is 14.4. The molecule has 1 heterocycles. The van der Waals surface area contributed by atoms with Crippen LogP contribution in [-0.2, 0) is 11.3 Å². The summed E-state index contributed by atoms with van der Waals surface area (Å²) in [6.45, 7) is 4.62. The molecule has 1 unspecified atom stereocenters. The molecule has 1 amide bonds. The molecule has 0 saturated carbocycles. The van der Waals surface area contributed by atoms with Crippen LogP contribution >= 0.6 is 0 Å². The van der Waals surface area contributed by atoms with Crippen LogP contribution in [0.15, 0.2) is 36.7 Å². The molecule has 5 nitrogen and oxygen atoms in total. The molecule has 2 N–H and O–H groups in total. The fourth-order valence-electron chi connectivity index (χ4n) is 2.16. The van der Waals surface area contributed by atoms with Crippen LogP contribution in [0.5, 0.6) is 0 Å². The van der Waals surface area contributed by atoms with E-state index in [1.54, 1.807) is 0 Å². The number of hydrogen-bond donors (Lipinski definition) is 2. The summed E-state index contributed by atoms with van der Waals surface area (Å²) in [4.78, 5) is 16.4. The third kappa shape index (κ3) is 3.91. The summed E-state index contributed by atoms with van der Waals surface area (Å²) in [5, 5.41) is 9.42. The van der Waals surface area contributed by atoms with E-state index in [0.29, 0.717) is 18.3 Å². The summed E-state index contributed by atoms with van der Waals surface area (Å²) in [5.41, 5.74) is 1.05. The van der Waals surface area contributed by atoms with Gasteiger partial charge >= 0.3 is 0 Å². The van der Waals surface area contributed by atoms with Crippen molar-refractivity contribution < 1.29 is 4.79 Å². The van der Waals surface area contributed by atoms with Gasteiger partial charge in [0.05, 0.1) is 12.5 Å². The number of nitrogens with zero attached hydrogens (tertiary/aromatic N) is 2. The third-order valence-corrected chi connectivity index (χ3v) is 3.12. The largest absolute Gasteiger partial charge is 0.348 e. The summed E-state index contributed by atoms with van der Waals surface area (Å²) in [6, 6.07) is 9.89. The van der Waals surface area contributed by atoms with Crippen LogP contribution in [0.1, 0.15) is 37.6 Å². The predicted octanol–water partition coefficient (Wildman–Crippen LogP) is 2.25. The topological polar surface area (TPSA) is 70.7 Å². The molecule has 1 aromatic heterocycles. The van der Waals surface area contributed by atoms with Crippen molar-refractivity contribution in [3.8, 4) is 0 Å². The maximum absolute atomic E-state index is 12.4. The van der Waals surface area contributed by atoms with Crippen molar-refractivity contribution in [2.75, 3.05) is 0 Å². The highest BCUT2D eigenvalue weighted by atomic mass is 16.1. The first kappa shape index (κ1) is 14.2. The highest BCUT2D eigenvalue weighted by molar-refractivity contribution is 5.83. The lowest BCUT2D eigenvalue weighted by Crippen LogP contribution is -2.30. The van der Waals surface area contributed by atoms with Gasteiger partial charge in [0.15, 0.2) is 0 Å². The molecule has 1 aromatic carbocycles. The van der Waals surface area contributed by atoms with E-state index in [1.165, 1.54) is 6.33 Å². The Morgan fingerprint density at radius 3 is 2.65 bits per heavy atom. The van der Waals surface area contributed by atoms with Crippen molar-refractivity contribution in [1.29, 1.82) is 0 Å². The quantitative estimate of drug-likeness (QED) is 0.847. The first-order valence-corrected chi connectivity index (χ1v) is 6.83. The van der Waals surface area contributed by atoms with Gasteiger partial charge in [-0.1, -0.05) is 44.2 Å². The molecule has 0 bridgehead atoms. The molecular weight excluding hydrogens is 252 g/mol. The average molecular weight is 272 g/mol. The molecule has 1 atom stereocenters. The third-order valence-electron chi connectivity index (χ3n) is 3.12. The predicted molar refractivity (Wildman–Crippen MR) is 76.9 cm³/mol. The summed E-state index contributed by atoms with van der Waals surface area (Å²) in [5.74, 6) is 1.02. The second-order valence-corrected chi connectivity index (χ2v) is 5.24. The molecule has 2 aromatic rings. The van der Waals surface area contributed by atoms with Gasteiger partial charge in [-0.25, -0.2) is 4.98 Å². The van der Waals surface area contributed by atoms with Gasteiger partial charge in [-0.05, 0) is 17.9 Å². The molecule has 0 saturated heterocycles. The van der Waals surface area contributed by atoms with Crippen molar-refractivity contribution in [1.82, 2.24) is 20.5 Å². The monoisotopic (exact) mass is 272 g/mol. The Kier molecular flexibility index (Phi) is 4.87. The molecule has 0 fully saturated rings. The number of aromatic nitrogens is 3. The summed E-state index contributed by atoms with van der Waals surface area (Å²) in [6.07, 6.45) is 2.26. The van der Waals surface area contributed by atoms with E-state index in [-0.39, 0.29) is 11.8 Å². The lowest BCUT2D eigenvalue weighted by atomic mass is 9.89. The van der Waals surface area contributed by atoms with Gasteiger partial charge in [0.2, 0.25) is 5.91 Å². The van der Waals surface area contributed by atoms with E-state index >= 15 is 0 Å². The number of hydrogen-bond acceptors (Lipinski definition) is 3. The van der Waals surface area contributed by atoms with Crippen LogP contribution in [0, 0.1) is 5.92 Å². The Morgan fingerprint density at radius 2 is 2.05 bits per heavy atom. The van der Waals surface area contributed by atoms with E-state index in [4.69, 9.17) is 0 Å². The Morgan fingerprint density at radius 1 is 1.30 bits per heavy atom. The van der Waals surface area contributed by atoms with Crippen LogP contribution in [0.2, 0.25) is 0 Å². The number of benzene rings is 1. The lowest BCUT2D eigenvalue weighted by Gasteiger charge is -2.18. The maximum atomic E-state index is 12.4. The summed E-state index contributed by atoms with van der Waals surface area (Å²) in [7, 11) is 0. The molecule has 0 aliphatic carbocycles. The van der Waals surface area contributed by atoms with Crippen LogP contribution in [0.4, 0.5) is 0 Å². The van der Waals surface area contributed by atoms with E-state index in [0.717, 1.165) is 12.0 Å². The number of rotatable bonds is 6. The number of nitrogens with one attached hydrogen (secondary N) is 2. The van der Waals surface area contributed by atoms with Crippen molar-refractivity contribution in [2.24, 2.45) is 5.92 Å². The van der Waals surface area contributed by atoms with Gasteiger partial charge in [-0.2, -0.15) is 5.10 Å². The molecule has 0 spiro atoms. The van der Waals surface area contributed by atoms with Crippen LogP contribution in [0.25, 0.3) is 0 Å². The molecule has 2 rings (SSSR count). The minimum Gasteiger partial charge on any atom is -0.348 e. The SMILES string of the molecule is CC(C)CC(C(=O)NCc1ncn[nH]1)c1ccccc1. The Labute approximate surface area is 118 Å². The van der Waals surface area contributed by atoms with Crippen molar-refractivity contribution in [3.05, 3.63) is 48.0 Å². The number of carbonyl (C=O) groups excluding carboxylic acids is 1. The second kappa shape index (κ2) is 6.84. The first-order chi connectivity index (χ1) is 9.66. The Bertz CT molecular complexity index is 522. The average Bonchev–Trinajstić information content (AvgIpc) is 2.96. The van der Waals surface area contributed by atoms with Gasteiger partial charge in [0.1, 0.15) is 12.2 Å². The van der Waals surface area contributed by atoms with E-state index in [1.807, 2.05) is 30.3 Å². The normalized spacial score (nSPS) is 12.3. The smallest absolute Gasteiger partial charge is 0.227 e. The van der Waals surface area contributed by atoms with Crippen LogP contribution in [0.3, 0.4) is 0 Å². The van der Waals surface area contributed by atoms with Gasteiger partial charge in [-0.3, -0.25) is 9.89 Å². The minimum absolute atomic E-state index is 0.0290. The lowest BCUT2D eigenvalue weighted by molar-refractivity contribution is -0.123. The van der Waals surface area contributed by atoms with Gasteiger partial charge in [0.25, 0.3) is 0 Å². The van der Waals surface area contributed by atoms with Gasteiger partial charge in [0, 0.05) is 0 Å². The van der Waals surface area contributed by atoms with E-state index < -0.39 is 0 Å². The fourth-order valence-corrected chi connectivity index (χ4v) is 2.16. The Balaban J connectivity index is 2.04. The minimum atomic E-state index is -0.126. The molecule has 0 aliphatic rings. The van der Waals surface area contributed by atoms with Gasteiger partial charge in [-0.15, -0.1) is 0 Å². The zero-order valence-electron chi connectivity index (χ0n) is 11.8. The summed E-state index contributed by atoms with van der Waals surface area (Å²) >= 11 is 0. The number of H-pyrrole nitrogens is 1. The first-order valence-electron chi connectivity index (χ1n) is 6.83. The molecule has 20 heavy (non-hydrogen) atoms. The summed E-state index contributed by atoms with van der Waals surface area (Å²) < 4.78 is 0. The van der Waals surface area contributed by atoms with E-state index in [9.17, 15) is 4.79 Å². The number of amides is 1. The van der Waals surface area contributed by atoms with Gasteiger partial charge < -0.3 is 5.32 Å². The van der Waals surface area contributed by atoms with Crippen LogP contribution < -0.4 is 5.32 Å². The molecule has 0 aliphatic heterocycles. The molecular formula is C15H20N4O. The second-order valence-electron chi connectivity index (χ2n) is 5.24. The van der Waals surface area contributed by atoms with Crippen LogP contribution in [-0.4, -0.2) is 21.1 Å². The van der Waals surface area contributed by atoms with Crippen molar-refractivity contribution in [2.45, 2.75) is 32.7 Å². The maximum Gasteiger partial charge on any atom is 0.227 e. The van der Waals surface area contributed by atoms with Crippen molar-refractivity contribution in [3.63, 3.8) is 0 Å². The molecule has 106 valence electrons. The van der Waals surface area contributed by atoms with Crippen molar-refractivity contribution >= 4 is 5.91 Å². The number of carbonyl (C=O) groups is 1.